The van der Waals surface area contributed by atoms with Gasteiger partial charge >= 0.3 is 0 Å². The van der Waals surface area contributed by atoms with Gasteiger partial charge in [-0.1, -0.05) is 6.07 Å². The third kappa shape index (κ3) is 1.89. The van der Waals surface area contributed by atoms with Crippen molar-refractivity contribution in [2.24, 2.45) is 0 Å². The molecule has 0 bridgehead atoms. The molecule has 1 saturated heterocycles. The maximum absolute atomic E-state index is 4.69. The normalized spacial score (nSPS) is 23.8. The fourth-order valence-electron chi connectivity index (χ4n) is 3.42. The molecular formula is C14H22N2S. The molecule has 0 unspecified atom stereocenters. The molecule has 0 N–H and O–H groups in total. The van der Waals surface area contributed by atoms with Crippen LogP contribution in [0.4, 0.5) is 0 Å². The van der Waals surface area contributed by atoms with E-state index in [1.807, 2.05) is 6.20 Å². The zero-order valence-electron chi connectivity index (χ0n) is 10.8. The number of nitrogens with zero attached hydrogens (tertiary/aromatic N) is 2. The number of pyridine rings is 1. The summed E-state index contributed by atoms with van der Waals surface area (Å²) in [4.78, 5) is 4.69. The summed E-state index contributed by atoms with van der Waals surface area (Å²) in [6.07, 6.45) is 11.9. The molecule has 1 aromatic rings. The van der Waals surface area contributed by atoms with E-state index in [1.54, 1.807) is 0 Å². The van der Waals surface area contributed by atoms with E-state index in [0.717, 1.165) is 0 Å². The van der Waals surface area contributed by atoms with Crippen LogP contribution in [0.15, 0.2) is 18.3 Å². The molecule has 3 heteroatoms. The molecule has 2 aliphatic rings. The van der Waals surface area contributed by atoms with Gasteiger partial charge in [0.15, 0.2) is 0 Å². The van der Waals surface area contributed by atoms with E-state index in [2.05, 4.69) is 28.9 Å². The van der Waals surface area contributed by atoms with Crippen molar-refractivity contribution in [1.82, 2.24) is 9.29 Å². The lowest BCUT2D eigenvalue weighted by molar-refractivity contribution is 0.238. The minimum Gasteiger partial charge on any atom is -0.270 e. The van der Waals surface area contributed by atoms with Gasteiger partial charge in [0.05, 0.1) is 0 Å². The Balaban J connectivity index is 1.82. The van der Waals surface area contributed by atoms with Crippen molar-refractivity contribution in [1.29, 1.82) is 0 Å². The lowest BCUT2D eigenvalue weighted by Crippen LogP contribution is -2.40. The van der Waals surface area contributed by atoms with E-state index in [-0.39, 0.29) is 11.1 Å². The van der Waals surface area contributed by atoms with Gasteiger partial charge in [0.1, 0.15) is 0 Å². The second kappa shape index (κ2) is 4.29. The Bertz CT molecular complexity index is 408. The van der Waals surface area contributed by atoms with Gasteiger partial charge in [-0.2, -0.15) is 0 Å². The summed E-state index contributed by atoms with van der Waals surface area (Å²) in [5.41, 5.74) is 3.37. The second-order valence-electron chi connectivity index (χ2n) is 5.59. The van der Waals surface area contributed by atoms with Gasteiger partial charge in [-0.25, -0.2) is 11.1 Å². The predicted molar refractivity (Wildman–Crippen MR) is 75.9 cm³/mol. The van der Waals surface area contributed by atoms with Gasteiger partial charge in [-0.15, -0.1) is 0 Å². The predicted octanol–water partition coefficient (Wildman–Crippen LogP) is 2.54. The Morgan fingerprint density at radius 1 is 1.24 bits per heavy atom. The third-order valence-corrected chi connectivity index (χ3v) is 6.06. The molecule has 94 valence electrons. The Morgan fingerprint density at radius 2 is 2.00 bits per heavy atom. The van der Waals surface area contributed by atoms with Crippen LogP contribution in [0, 0.1) is 0 Å². The Kier molecular flexibility index (Phi) is 2.91. The number of piperidine rings is 1. The maximum Gasteiger partial charge on any atom is 0.0498 e. The van der Waals surface area contributed by atoms with E-state index in [4.69, 9.17) is 4.98 Å². The molecular weight excluding hydrogens is 228 g/mol. The molecule has 1 aliphatic heterocycles. The quantitative estimate of drug-likeness (QED) is 0.771. The summed E-state index contributed by atoms with van der Waals surface area (Å²) in [5.74, 6) is 0. The summed E-state index contributed by atoms with van der Waals surface area (Å²) < 4.78 is 2.67. The standard InChI is InChI=1S/C14H22N2S/c1-17(2)16-10-7-14(8-11-16)6-5-12-4-3-9-15-13(12)14/h3-4,9,17H,5-8,10-11H2,1-2H3. The van der Waals surface area contributed by atoms with Crippen molar-refractivity contribution >= 4 is 11.1 Å². The van der Waals surface area contributed by atoms with Crippen LogP contribution in [0.2, 0.25) is 0 Å². The van der Waals surface area contributed by atoms with E-state index in [0.29, 0.717) is 5.41 Å². The minimum atomic E-state index is 0.0960. The molecule has 0 aromatic carbocycles. The highest BCUT2D eigenvalue weighted by molar-refractivity contribution is 8.13. The summed E-state index contributed by atoms with van der Waals surface area (Å²) in [6.45, 7) is 2.55. The number of aryl methyl sites for hydroxylation is 1. The van der Waals surface area contributed by atoms with Crippen LogP contribution in [-0.2, 0) is 11.8 Å². The number of thiol groups is 1. The molecule has 1 aromatic heterocycles. The molecule has 17 heavy (non-hydrogen) atoms. The fourth-order valence-corrected chi connectivity index (χ4v) is 4.42. The molecule has 3 rings (SSSR count). The lowest BCUT2D eigenvalue weighted by atomic mass is 9.76. The summed E-state index contributed by atoms with van der Waals surface area (Å²) in [6, 6.07) is 4.36. The minimum absolute atomic E-state index is 0.0960. The smallest absolute Gasteiger partial charge is 0.0498 e. The van der Waals surface area contributed by atoms with Gasteiger partial charge in [-0.05, 0) is 49.8 Å². The van der Waals surface area contributed by atoms with E-state index >= 15 is 0 Å². The van der Waals surface area contributed by atoms with Crippen molar-refractivity contribution < 1.29 is 0 Å². The first-order valence-corrected chi connectivity index (χ1v) is 8.77. The molecule has 0 radical (unpaired) electrons. The molecule has 1 spiro atoms. The van der Waals surface area contributed by atoms with Crippen LogP contribution >= 0.6 is 11.1 Å². The average molecular weight is 250 g/mol. The molecule has 0 atom stereocenters. The molecule has 0 amide bonds. The number of aromatic nitrogens is 1. The number of hydrogen-bond donors (Lipinski definition) is 1. The molecule has 0 saturated carbocycles. The van der Waals surface area contributed by atoms with Crippen LogP contribution in [-0.4, -0.2) is 34.9 Å². The fraction of sp³-hybridized carbons (Fsp3) is 0.643. The van der Waals surface area contributed by atoms with E-state index in [1.165, 1.54) is 50.0 Å². The van der Waals surface area contributed by atoms with Crippen LogP contribution in [0.3, 0.4) is 0 Å². The Morgan fingerprint density at radius 3 is 2.71 bits per heavy atom. The molecule has 2 nitrogen and oxygen atoms in total. The molecule has 1 aliphatic carbocycles. The van der Waals surface area contributed by atoms with Crippen molar-refractivity contribution in [2.45, 2.75) is 31.1 Å². The van der Waals surface area contributed by atoms with Crippen molar-refractivity contribution in [3.05, 3.63) is 29.6 Å². The van der Waals surface area contributed by atoms with Crippen LogP contribution < -0.4 is 0 Å². The third-order valence-electron chi connectivity index (χ3n) is 4.53. The lowest BCUT2D eigenvalue weighted by Gasteiger charge is -2.42. The number of hydrogen-bond acceptors (Lipinski definition) is 2. The largest absolute Gasteiger partial charge is 0.270 e. The van der Waals surface area contributed by atoms with Gasteiger partial charge in [-0.3, -0.25) is 9.29 Å². The zero-order chi connectivity index (χ0) is 11.9. The van der Waals surface area contributed by atoms with Gasteiger partial charge < -0.3 is 0 Å². The number of fused-ring (bicyclic) bond motifs is 2. The maximum atomic E-state index is 4.69. The highest BCUT2D eigenvalue weighted by Crippen LogP contribution is 2.46. The van der Waals surface area contributed by atoms with Gasteiger partial charge in [0, 0.05) is 30.4 Å². The zero-order valence-corrected chi connectivity index (χ0v) is 11.7. The van der Waals surface area contributed by atoms with Crippen LogP contribution in [0.25, 0.3) is 0 Å². The first-order valence-electron chi connectivity index (χ1n) is 6.58. The van der Waals surface area contributed by atoms with Gasteiger partial charge in [0.25, 0.3) is 0 Å². The van der Waals surface area contributed by atoms with Crippen LogP contribution in [0.1, 0.15) is 30.5 Å². The summed E-state index contributed by atoms with van der Waals surface area (Å²) >= 11 is 0.0960. The SMILES string of the molecule is C[SH](C)N1CCC2(CCc3cccnc32)CC1. The monoisotopic (exact) mass is 250 g/mol. The topological polar surface area (TPSA) is 16.1 Å². The first-order chi connectivity index (χ1) is 8.21. The highest BCUT2D eigenvalue weighted by Gasteiger charge is 2.42. The molecule has 1 fully saturated rings. The van der Waals surface area contributed by atoms with Crippen molar-refractivity contribution in [2.75, 3.05) is 25.6 Å². The Hall–Kier alpha value is -0.540. The summed E-state index contributed by atoms with van der Waals surface area (Å²) in [5, 5.41) is 0. The van der Waals surface area contributed by atoms with Crippen molar-refractivity contribution in [3.8, 4) is 0 Å². The van der Waals surface area contributed by atoms with Gasteiger partial charge in [0.2, 0.25) is 0 Å². The highest BCUT2D eigenvalue weighted by atomic mass is 32.2. The molecule has 2 heterocycles. The average Bonchev–Trinajstić information content (AvgIpc) is 2.70. The van der Waals surface area contributed by atoms with Crippen LogP contribution in [0.5, 0.6) is 0 Å². The van der Waals surface area contributed by atoms with E-state index in [9.17, 15) is 0 Å². The second-order valence-corrected chi connectivity index (χ2v) is 7.85. The van der Waals surface area contributed by atoms with E-state index < -0.39 is 0 Å². The first kappa shape index (κ1) is 11.5. The Labute approximate surface area is 107 Å². The summed E-state index contributed by atoms with van der Waals surface area (Å²) in [7, 11) is 0. The van der Waals surface area contributed by atoms with Crippen molar-refractivity contribution in [3.63, 3.8) is 0 Å². The number of rotatable bonds is 1.